The van der Waals surface area contributed by atoms with E-state index in [2.05, 4.69) is 15.4 Å². The topological polar surface area (TPSA) is 68.2 Å². The number of nitrogens with two attached hydrogens (primary N) is 1. The van der Waals surface area contributed by atoms with Crippen LogP contribution in [0.3, 0.4) is 0 Å². The van der Waals surface area contributed by atoms with Crippen LogP contribution in [-0.2, 0) is 0 Å². The zero-order chi connectivity index (χ0) is 7.68. The first-order valence-corrected chi connectivity index (χ1v) is 3.16. The Kier molecular flexibility index (Phi) is 1.23. The number of rotatable bonds is 1. The molecule has 0 bridgehead atoms. The Labute approximate surface area is 62.8 Å². The monoisotopic (exact) mass is 149 g/mol. The lowest BCUT2D eigenvalue weighted by atomic mass is 10.6. The van der Waals surface area contributed by atoms with Gasteiger partial charge in [0.15, 0.2) is 0 Å². The summed E-state index contributed by atoms with van der Waals surface area (Å²) in [5, 5.41) is 0. The third-order valence-corrected chi connectivity index (χ3v) is 1.45. The summed E-state index contributed by atoms with van der Waals surface area (Å²) in [6.45, 7) is 0. The van der Waals surface area contributed by atoms with Crippen LogP contribution in [0.2, 0.25) is 0 Å². The van der Waals surface area contributed by atoms with E-state index in [1.807, 2.05) is 0 Å². The van der Waals surface area contributed by atoms with E-state index in [-0.39, 0.29) is 0 Å². The van der Waals surface area contributed by atoms with Gasteiger partial charge in [-0.05, 0) is 6.07 Å². The van der Waals surface area contributed by atoms with Crippen LogP contribution in [0.4, 0.5) is 5.82 Å². The van der Waals surface area contributed by atoms with Crippen LogP contribution in [0.5, 0.6) is 0 Å². The first-order chi connectivity index (χ1) is 5.42. The van der Waals surface area contributed by atoms with Gasteiger partial charge in [-0.25, -0.2) is 15.8 Å². The molecule has 0 spiro atoms. The number of hydrogen-bond acceptors (Lipinski definition) is 4. The van der Waals surface area contributed by atoms with Gasteiger partial charge >= 0.3 is 0 Å². The first kappa shape index (κ1) is 6.11. The minimum absolute atomic E-state index is 0.639. The average molecular weight is 149 g/mol. The van der Waals surface area contributed by atoms with E-state index in [0.717, 1.165) is 5.82 Å². The van der Waals surface area contributed by atoms with Gasteiger partial charge in [-0.3, -0.25) is 4.40 Å². The summed E-state index contributed by atoms with van der Waals surface area (Å²) in [7, 11) is 0. The van der Waals surface area contributed by atoms with Crippen molar-refractivity contribution < 1.29 is 0 Å². The predicted molar refractivity (Wildman–Crippen MR) is 40.8 cm³/mol. The molecule has 5 heteroatoms. The van der Waals surface area contributed by atoms with Gasteiger partial charge in [0.1, 0.15) is 5.82 Å². The number of aromatic nitrogens is 3. The molecular formula is C6H7N5. The molecule has 0 aromatic carbocycles. The van der Waals surface area contributed by atoms with Crippen LogP contribution in [0, 0.1) is 0 Å². The Morgan fingerprint density at radius 2 is 2.18 bits per heavy atom. The molecule has 56 valence electrons. The van der Waals surface area contributed by atoms with Crippen LogP contribution in [0.1, 0.15) is 0 Å². The Morgan fingerprint density at radius 1 is 1.36 bits per heavy atom. The van der Waals surface area contributed by atoms with E-state index in [1.54, 1.807) is 29.1 Å². The molecule has 3 N–H and O–H groups in total. The number of nitrogens with one attached hydrogen (secondary N) is 1. The van der Waals surface area contributed by atoms with E-state index in [0.29, 0.717) is 5.78 Å². The van der Waals surface area contributed by atoms with Gasteiger partial charge < -0.3 is 5.43 Å². The van der Waals surface area contributed by atoms with E-state index in [1.165, 1.54) is 0 Å². The van der Waals surface area contributed by atoms with E-state index in [9.17, 15) is 0 Å². The maximum absolute atomic E-state index is 5.25. The van der Waals surface area contributed by atoms with Crippen LogP contribution < -0.4 is 11.3 Å². The lowest BCUT2D eigenvalue weighted by molar-refractivity contribution is 1.09. The third kappa shape index (κ3) is 0.821. The van der Waals surface area contributed by atoms with Crippen LogP contribution in [0.15, 0.2) is 24.7 Å². The Bertz CT molecular complexity index is 366. The third-order valence-electron chi connectivity index (χ3n) is 1.45. The summed E-state index contributed by atoms with van der Waals surface area (Å²) in [5.74, 6) is 6.66. The van der Waals surface area contributed by atoms with Crippen molar-refractivity contribution in [1.29, 1.82) is 0 Å². The number of fused-ring (bicyclic) bond motifs is 1. The first-order valence-electron chi connectivity index (χ1n) is 3.16. The molecule has 0 aliphatic heterocycles. The lowest BCUT2D eigenvalue weighted by Crippen LogP contribution is -2.10. The highest BCUT2D eigenvalue weighted by atomic mass is 15.3. The van der Waals surface area contributed by atoms with Gasteiger partial charge in [0.25, 0.3) is 0 Å². The Morgan fingerprint density at radius 3 is 3.00 bits per heavy atom. The van der Waals surface area contributed by atoms with Gasteiger partial charge in [-0.1, -0.05) is 0 Å². The molecule has 0 unspecified atom stereocenters. The molecule has 0 radical (unpaired) electrons. The number of nitrogen functional groups attached to an aromatic ring is 1. The zero-order valence-electron chi connectivity index (χ0n) is 5.73. The smallest absolute Gasteiger partial charge is 0.235 e. The van der Waals surface area contributed by atoms with Crippen LogP contribution in [-0.4, -0.2) is 14.4 Å². The lowest BCUT2D eigenvalue weighted by Gasteiger charge is -2.00. The molecule has 2 aromatic rings. The molecule has 0 aliphatic carbocycles. The van der Waals surface area contributed by atoms with Gasteiger partial charge in [0.05, 0.1) is 0 Å². The van der Waals surface area contributed by atoms with E-state index in [4.69, 9.17) is 5.84 Å². The van der Waals surface area contributed by atoms with Crippen LogP contribution in [0.25, 0.3) is 5.78 Å². The molecule has 0 saturated heterocycles. The summed E-state index contributed by atoms with van der Waals surface area (Å²) < 4.78 is 1.76. The average Bonchev–Trinajstić information content (AvgIpc) is 2.50. The SMILES string of the molecule is NNc1ccnc2nccn12. The Hall–Kier alpha value is -1.62. The summed E-state index contributed by atoms with van der Waals surface area (Å²) in [6.07, 6.45) is 5.11. The van der Waals surface area contributed by atoms with E-state index >= 15 is 0 Å². The van der Waals surface area contributed by atoms with Crippen molar-refractivity contribution in [3.8, 4) is 0 Å². The number of anilines is 1. The van der Waals surface area contributed by atoms with Gasteiger partial charge in [0, 0.05) is 18.6 Å². The number of imidazole rings is 1. The molecular weight excluding hydrogens is 142 g/mol. The van der Waals surface area contributed by atoms with Crippen molar-refractivity contribution >= 4 is 11.6 Å². The molecule has 0 aliphatic rings. The summed E-state index contributed by atoms with van der Waals surface area (Å²) in [4.78, 5) is 7.99. The Balaban J connectivity index is 2.79. The van der Waals surface area contributed by atoms with Gasteiger partial charge in [-0.15, -0.1) is 0 Å². The van der Waals surface area contributed by atoms with Crippen molar-refractivity contribution in [2.75, 3.05) is 5.43 Å². The number of hydrazine groups is 1. The van der Waals surface area contributed by atoms with Crippen molar-refractivity contribution in [3.63, 3.8) is 0 Å². The fourth-order valence-electron chi connectivity index (χ4n) is 0.952. The maximum Gasteiger partial charge on any atom is 0.235 e. The molecule has 0 saturated carbocycles. The standard InChI is InChI=1S/C6H7N5/c7-10-5-1-2-8-6-9-3-4-11(5)6/h1-4,10H,7H2. The van der Waals surface area contributed by atoms with Crippen molar-refractivity contribution in [1.82, 2.24) is 14.4 Å². The molecule has 11 heavy (non-hydrogen) atoms. The van der Waals surface area contributed by atoms with Crippen LogP contribution >= 0.6 is 0 Å². The van der Waals surface area contributed by atoms with Crippen molar-refractivity contribution in [2.24, 2.45) is 5.84 Å². The summed E-state index contributed by atoms with van der Waals surface area (Å²) in [5.41, 5.74) is 2.54. The highest BCUT2D eigenvalue weighted by Crippen LogP contribution is 2.05. The fraction of sp³-hybridized carbons (Fsp3) is 0. The largest absolute Gasteiger partial charge is 0.309 e. The second-order valence-corrected chi connectivity index (χ2v) is 2.07. The van der Waals surface area contributed by atoms with Crippen molar-refractivity contribution in [3.05, 3.63) is 24.7 Å². The zero-order valence-corrected chi connectivity index (χ0v) is 5.73. The number of nitrogens with zero attached hydrogens (tertiary/aromatic N) is 3. The summed E-state index contributed by atoms with van der Waals surface area (Å²) >= 11 is 0. The second kappa shape index (κ2) is 2.21. The van der Waals surface area contributed by atoms with Crippen molar-refractivity contribution in [2.45, 2.75) is 0 Å². The molecule has 0 amide bonds. The minimum Gasteiger partial charge on any atom is -0.309 e. The normalized spacial score (nSPS) is 10.3. The minimum atomic E-state index is 0.639. The molecule has 5 nitrogen and oxygen atoms in total. The predicted octanol–water partition coefficient (Wildman–Crippen LogP) is 0.0149. The van der Waals surface area contributed by atoms with Gasteiger partial charge in [0.2, 0.25) is 5.78 Å². The van der Waals surface area contributed by atoms with E-state index < -0.39 is 0 Å². The molecule has 2 aromatic heterocycles. The molecule has 0 fully saturated rings. The molecule has 2 heterocycles. The highest BCUT2D eigenvalue weighted by molar-refractivity contribution is 5.42. The maximum atomic E-state index is 5.25. The molecule has 0 atom stereocenters. The summed E-state index contributed by atoms with van der Waals surface area (Å²) in [6, 6.07) is 1.77. The quantitative estimate of drug-likeness (QED) is 0.443. The highest BCUT2D eigenvalue weighted by Gasteiger charge is 1.97. The number of hydrogen-bond donors (Lipinski definition) is 2. The fourth-order valence-corrected chi connectivity index (χ4v) is 0.952. The molecule has 2 rings (SSSR count). The van der Waals surface area contributed by atoms with Gasteiger partial charge in [-0.2, -0.15) is 0 Å². The second-order valence-electron chi connectivity index (χ2n) is 2.07.